The number of halogens is 1. The number of ketones is 2. The van der Waals surface area contributed by atoms with E-state index in [4.69, 9.17) is 4.74 Å². The number of imide groups is 1. The number of hydrogen-bond donors (Lipinski definition) is 1. The zero-order valence-electron chi connectivity index (χ0n) is 18.8. The van der Waals surface area contributed by atoms with E-state index in [-0.39, 0.29) is 51.7 Å². The quantitative estimate of drug-likeness (QED) is 0.366. The molecule has 0 spiro atoms. The van der Waals surface area contributed by atoms with Crippen molar-refractivity contribution in [3.05, 3.63) is 57.1 Å². The lowest BCUT2D eigenvalue weighted by atomic mass is 9.59. The number of aromatic hydroxyl groups is 1. The van der Waals surface area contributed by atoms with E-state index in [1.165, 1.54) is 24.2 Å². The number of fused-ring (bicyclic) bond motifs is 3. The van der Waals surface area contributed by atoms with E-state index in [0.717, 1.165) is 5.57 Å². The molecular weight excluding hydrogens is 502 g/mol. The highest BCUT2D eigenvalue weighted by Crippen LogP contribution is 2.55. The number of amides is 2. The topological polar surface area (TPSA) is 101 Å². The third-order valence-electron chi connectivity index (χ3n) is 7.41. The first-order chi connectivity index (χ1) is 16.3. The lowest BCUT2D eigenvalue weighted by molar-refractivity contribution is -0.140. The summed E-state index contributed by atoms with van der Waals surface area (Å²) in [6.07, 6.45) is 4.60. The molecular formula is C26H24BrNO6. The van der Waals surface area contributed by atoms with Crippen molar-refractivity contribution >= 4 is 39.3 Å². The molecule has 1 aliphatic heterocycles. The number of carbonyl (C=O) groups excluding carboxylic acids is 4. The zero-order chi connectivity index (χ0) is 24.3. The van der Waals surface area contributed by atoms with Crippen molar-refractivity contribution < 1.29 is 29.0 Å². The molecule has 1 saturated heterocycles. The monoisotopic (exact) mass is 525 g/mol. The molecule has 1 fully saturated rings. The molecule has 1 aromatic rings. The Kier molecular flexibility index (Phi) is 5.59. The van der Waals surface area contributed by atoms with Crippen LogP contribution in [0.25, 0.3) is 0 Å². The summed E-state index contributed by atoms with van der Waals surface area (Å²) in [5, 5.41) is 10.1. The normalized spacial score (nSPS) is 28.4. The van der Waals surface area contributed by atoms with Gasteiger partial charge in [0.1, 0.15) is 0 Å². The van der Waals surface area contributed by atoms with Gasteiger partial charge in [-0.15, -0.1) is 0 Å². The molecule has 0 unspecified atom stereocenters. The number of nitrogens with zero attached hydrogens (tertiary/aromatic N) is 1. The summed E-state index contributed by atoms with van der Waals surface area (Å²) in [4.78, 5) is 54.1. The third-order valence-corrected chi connectivity index (χ3v) is 8.00. The fourth-order valence-corrected chi connectivity index (χ4v) is 6.42. The third kappa shape index (κ3) is 3.22. The Bertz CT molecular complexity index is 1240. The molecule has 4 aliphatic rings. The molecule has 34 heavy (non-hydrogen) atoms. The number of methoxy groups -OCH3 is 1. The molecule has 3 aliphatic carbocycles. The number of Topliss-reactive ketones (excluding diaryl/α,β-unsaturated/α-hetero) is 1. The van der Waals surface area contributed by atoms with E-state index in [2.05, 4.69) is 15.9 Å². The number of hydrogen-bond acceptors (Lipinski definition) is 6. The standard InChI is InChI=1S/C26H24BrNO6/c1-3-8-28-25(32)14-6-5-13-15(22(14)26(28)33)10-16-23(19(30)11-17(27)24(16)31)21(13)12-4-7-18(29)20(9-12)34-2/h4-5,7,9,11,14-15,21-22,29H,3,6,8,10H2,1-2H3/t14-,15+,21-,22-/m0/s1. The second kappa shape index (κ2) is 8.34. The molecule has 2 amide bonds. The fraction of sp³-hybridized carbons (Fsp3) is 0.385. The number of phenolic OH excluding ortho intramolecular Hbond substituents is 1. The number of benzene rings is 1. The van der Waals surface area contributed by atoms with Gasteiger partial charge in [0.05, 0.1) is 23.4 Å². The van der Waals surface area contributed by atoms with E-state index in [9.17, 15) is 24.3 Å². The van der Waals surface area contributed by atoms with Gasteiger partial charge in [0.2, 0.25) is 11.8 Å². The smallest absolute Gasteiger partial charge is 0.233 e. The Morgan fingerprint density at radius 3 is 2.62 bits per heavy atom. The Balaban J connectivity index is 1.68. The lowest BCUT2D eigenvalue weighted by Crippen LogP contribution is -2.39. The van der Waals surface area contributed by atoms with E-state index < -0.39 is 17.8 Å². The van der Waals surface area contributed by atoms with E-state index in [0.29, 0.717) is 36.1 Å². The Morgan fingerprint density at radius 2 is 1.91 bits per heavy atom. The lowest BCUT2D eigenvalue weighted by Gasteiger charge is -2.42. The van der Waals surface area contributed by atoms with Crippen LogP contribution < -0.4 is 4.74 Å². The van der Waals surface area contributed by atoms with Crippen LogP contribution in [0.15, 0.2) is 51.6 Å². The van der Waals surface area contributed by atoms with E-state index >= 15 is 0 Å². The number of phenols is 1. The van der Waals surface area contributed by atoms with Gasteiger partial charge in [-0.05, 0) is 58.8 Å². The maximum absolute atomic E-state index is 13.4. The molecule has 0 saturated carbocycles. The van der Waals surface area contributed by atoms with Crippen molar-refractivity contribution in [2.45, 2.75) is 32.1 Å². The highest BCUT2D eigenvalue weighted by Gasteiger charge is 2.56. The molecule has 1 N–H and O–H groups in total. The van der Waals surface area contributed by atoms with Gasteiger partial charge in [0, 0.05) is 29.7 Å². The van der Waals surface area contributed by atoms with Crippen LogP contribution in [0.2, 0.25) is 0 Å². The zero-order valence-corrected chi connectivity index (χ0v) is 20.4. The summed E-state index contributed by atoms with van der Waals surface area (Å²) >= 11 is 3.22. The van der Waals surface area contributed by atoms with Crippen molar-refractivity contribution in [2.24, 2.45) is 17.8 Å². The maximum Gasteiger partial charge on any atom is 0.233 e. The van der Waals surface area contributed by atoms with Gasteiger partial charge in [-0.2, -0.15) is 0 Å². The van der Waals surface area contributed by atoms with Crippen molar-refractivity contribution in [3.8, 4) is 11.5 Å². The predicted octanol–water partition coefficient (Wildman–Crippen LogP) is 3.57. The minimum atomic E-state index is -0.569. The summed E-state index contributed by atoms with van der Waals surface area (Å²) in [5.41, 5.74) is 2.34. The van der Waals surface area contributed by atoms with Crippen LogP contribution in [-0.2, 0) is 19.2 Å². The molecule has 1 aromatic carbocycles. The first-order valence-electron chi connectivity index (χ1n) is 11.4. The summed E-state index contributed by atoms with van der Waals surface area (Å²) in [6, 6.07) is 4.87. The van der Waals surface area contributed by atoms with Crippen LogP contribution in [0.3, 0.4) is 0 Å². The predicted molar refractivity (Wildman–Crippen MR) is 126 cm³/mol. The van der Waals surface area contributed by atoms with Gasteiger partial charge in [0.15, 0.2) is 23.1 Å². The van der Waals surface area contributed by atoms with Gasteiger partial charge in [0.25, 0.3) is 0 Å². The minimum Gasteiger partial charge on any atom is -0.504 e. The number of allylic oxidation sites excluding steroid dienone is 6. The summed E-state index contributed by atoms with van der Waals surface area (Å²) in [5.74, 6) is -2.59. The molecule has 4 atom stereocenters. The van der Waals surface area contributed by atoms with Gasteiger partial charge < -0.3 is 9.84 Å². The molecule has 176 valence electrons. The number of rotatable bonds is 4. The van der Waals surface area contributed by atoms with Crippen LogP contribution in [0.5, 0.6) is 11.5 Å². The average molecular weight is 526 g/mol. The van der Waals surface area contributed by atoms with Gasteiger partial charge >= 0.3 is 0 Å². The van der Waals surface area contributed by atoms with Crippen molar-refractivity contribution in [3.63, 3.8) is 0 Å². The molecule has 8 heteroatoms. The number of ether oxygens (including phenoxy) is 1. The Labute approximate surface area is 205 Å². The van der Waals surface area contributed by atoms with Crippen molar-refractivity contribution in [1.82, 2.24) is 4.90 Å². The van der Waals surface area contributed by atoms with Gasteiger partial charge in [-0.25, -0.2) is 0 Å². The van der Waals surface area contributed by atoms with Gasteiger partial charge in [-0.1, -0.05) is 24.6 Å². The first kappa shape index (κ1) is 22.8. The van der Waals surface area contributed by atoms with Gasteiger partial charge in [-0.3, -0.25) is 24.1 Å². The molecule has 0 radical (unpaired) electrons. The maximum atomic E-state index is 13.4. The van der Waals surface area contributed by atoms with Crippen molar-refractivity contribution in [2.75, 3.05) is 13.7 Å². The second-order valence-electron chi connectivity index (χ2n) is 9.15. The Morgan fingerprint density at radius 1 is 1.15 bits per heavy atom. The largest absolute Gasteiger partial charge is 0.504 e. The molecule has 5 rings (SSSR count). The highest BCUT2D eigenvalue weighted by atomic mass is 79.9. The fourth-order valence-electron chi connectivity index (χ4n) is 5.97. The van der Waals surface area contributed by atoms with Crippen LogP contribution in [0.1, 0.15) is 37.7 Å². The summed E-state index contributed by atoms with van der Waals surface area (Å²) < 4.78 is 5.49. The second-order valence-corrected chi connectivity index (χ2v) is 10.0. The van der Waals surface area contributed by atoms with Crippen LogP contribution in [0.4, 0.5) is 0 Å². The summed E-state index contributed by atoms with van der Waals surface area (Å²) in [7, 11) is 1.44. The Hall–Kier alpha value is -3.00. The van der Waals surface area contributed by atoms with Crippen LogP contribution >= 0.6 is 15.9 Å². The van der Waals surface area contributed by atoms with Crippen LogP contribution in [0, 0.1) is 17.8 Å². The molecule has 0 bridgehead atoms. The SMILES string of the molecule is CCCN1C(=O)[C@H]2[C@H](CC=C3[C@H](c4ccc(O)c(OC)c4)C4=C(C[C@H]32)C(=O)C(Br)=CC4=O)C1=O. The first-order valence-corrected chi connectivity index (χ1v) is 12.2. The minimum absolute atomic E-state index is 0.0361. The number of likely N-dealkylation sites (tertiary alicyclic amines) is 1. The van der Waals surface area contributed by atoms with E-state index in [1.807, 2.05) is 13.0 Å². The summed E-state index contributed by atoms with van der Waals surface area (Å²) in [6.45, 7) is 2.30. The molecule has 0 aromatic heterocycles. The average Bonchev–Trinajstić information content (AvgIpc) is 3.07. The highest BCUT2D eigenvalue weighted by molar-refractivity contribution is 9.12. The van der Waals surface area contributed by atoms with Crippen molar-refractivity contribution in [1.29, 1.82) is 0 Å². The van der Waals surface area contributed by atoms with Crippen LogP contribution in [-0.4, -0.2) is 47.0 Å². The van der Waals surface area contributed by atoms with E-state index in [1.54, 1.807) is 12.1 Å². The number of carbonyl (C=O) groups is 4. The molecule has 7 nitrogen and oxygen atoms in total. The molecule has 1 heterocycles.